The molecule has 1 heterocycles. The molecule has 1 saturated heterocycles. The van der Waals surface area contributed by atoms with Crippen molar-refractivity contribution >= 4 is 52.8 Å². The minimum absolute atomic E-state index is 0.0193. The minimum atomic E-state index is -2.44. The Morgan fingerprint density at radius 2 is 1.35 bits per heavy atom. The molecular formula is C57H80N6O17. The summed E-state index contributed by atoms with van der Waals surface area (Å²) in [4.78, 5) is 123. The molecule has 6 rings (SSSR count). The van der Waals surface area contributed by atoms with Gasteiger partial charge < -0.3 is 71.6 Å². The van der Waals surface area contributed by atoms with Gasteiger partial charge in [0.15, 0.2) is 17.9 Å². The Bertz CT molecular complexity index is 2690. The molecule has 11 N–H and O–H groups in total. The second kappa shape index (κ2) is 26.8. The summed E-state index contributed by atoms with van der Waals surface area (Å²) in [5.41, 5.74) is -4.47. The number of Topliss-reactive ketones (excluding diaryl/α,β-unsaturated/α-hetero) is 1. The van der Waals surface area contributed by atoms with Gasteiger partial charge in [-0.1, -0.05) is 72.9 Å². The van der Waals surface area contributed by atoms with Gasteiger partial charge >= 0.3 is 0 Å². The lowest BCUT2D eigenvalue weighted by atomic mass is 9.72. The summed E-state index contributed by atoms with van der Waals surface area (Å²) < 4.78 is 17.7. The average Bonchev–Trinajstić information content (AvgIpc) is 3.39. The molecule has 0 radical (unpaired) electrons. The molecule has 23 nitrogen and oxygen atoms in total. The van der Waals surface area contributed by atoms with Gasteiger partial charge in [0.1, 0.15) is 59.7 Å². The predicted octanol–water partition coefficient (Wildman–Crippen LogP) is 1.95. The zero-order chi connectivity index (χ0) is 59.1. The van der Waals surface area contributed by atoms with E-state index in [4.69, 9.17) is 14.2 Å². The number of phenols is 2. The number of rotatable bonds is 23. The van der Waals surface area contributed by atoms with Crippen LogP contribution in [0.1, 0.15) is 169 Å². The lowest BCUT2D eigenvalue weighted by Crippen LogP contribution is -2.60. The van der Waals surface area contributed by atoms with Crippen LogP contribution in [0.5, 0.6) is 17.2 Å². The third-order valence-electron chi connectivity index (χ3n) is 15.3. The molecule has 2 aromatic rings. The van der Waals surface area contributed by atoms with E-state index >= 15 is 0 Å². The number of ether oxygens (including phenoxy) is 3. The second-order valence-electron chi connectivity index (χ2n) is 23.0. The number of hydrogen-bond donors (Lipinski definition) is 11. The Kier molecular flexibility index (Phi) is 21.0. The van der Waals surface area contributed by atoms with Gasteiger partial charge in [-0.2, -0.15) is 0 Å². The van der Waals surface area contributed by atoms with Crippen LogP contribution < -0.4 is 36.6 Å². The van der Waals surface area contributed by atoms with Crippen molar-refractivity contribution in [1.29, 1.82) is 0 Å². The van der Waals surface area contributed by atoms with Crippen molar-refractivity contribution in [2.24, 2.45) is 23.7 Å². The highest BCUT2D eigenvalue weighted by atomic mass is 16.7. The van der Waals surface area contributed by atoms with Crippen molar-refractivity contribution in [1.82, 2.24) is 31.9 Å². The fourth-order valence-corrected chi connectivity index (χ4v) is 11.4. The first-order chi connectivity index (χ1) is 37.7. The van der Waals surface area contributed by atoms with E-state index < -0.39 is 156 Å². The zero-order valence-electron chi connectivity index (χ0n) is 47.1. The number of carbonyl (C=O) groups is 9. The van der Waals surface area contributed by atoms with E-state index in [0.29, 0.717) is 0 Å². The maximum atomic E-state index is 14.3. The van der Waals surface area contributed by atoms with Crippen molar-refractivity contribution in [3.8, 4) is 17.2 Å². The fraction of sp³-hybridized carbons (Fsp3) is 0.632. The van der Waals surface area contributed by atoms with Crippen molar-refractivity contribution in [2.45, 2.75) is 186 Å². The molecule has 1 saturated carbocycles. The predicted molar refractivity (Wildman–Crippen MR) is 287 cm³/mol. The molecule has 2 aromatic carbocycles. The number of ketones is 3. The third kappa shape index (κ3) is 14.5. The Morgan fingerprint density at radius 1 is 0.762 bits per heavy atom. The van der Waals surface area contributed by atoms with E-state index in [2.05, 4.69) is 31.9 Å². The number of carbonyl (C=O) groups excluding carboxylic acids is 9. The van der Waals surface area contributed by atoms with Gasteiger partial charge in [-0.05, 0) is 68.8 Å². The quantitative estimate of drug-likeness (QED) is 0.0605. The number of aliphatic hydroxyl groups is 3. The number of nitrogens with one attached hydrogen (secondary N) is 6. The molecule has 23 heteroatoms. The number of aliphatic hydroxyl groups excluding tert-OH is 2. The standard InChI is InChI=1S/C57H80N6O17/c1-26(2)18-35(63-56(76)47(59-30(8)65)31-14-11-10-12-15-31)53(73)58-24-41(67)60-36(19-27(3)4)54(74)62-37(20-28(5)6)55(75)61-34-21-42(79-29(7)48(34)68)80-39-23-57(77,40(66)25-64)22-33-44(39)52(72)46-45(50(33)70)49(69)32-16-13-17-38(78-9)43(32)51(46)71/h13,16-17,26-29,31,34-37,39,42,47-48,64,68,70,72,77H,10-12,14-15,18-25H2,1-9H3,(H,58,73)(H,59,65)(H,60,67)(H,61,75)(H,62,74)(H,63,76)/t29-,34-,35-,36-,37-,39-,42-,47-,48+,57-/m0/s1. The highest BCUT2D eigenvalue weighted by Gasteiger charge is 2.51. The molecule has 80 heavy (non-hydrogen) atoms. The smallest absolute Gasteiger partial charge is 0.243 e. The van der Waals surface area contributed by atoms with E-state index in [-0.39, 0.29) is 83.3 Å². The van der Waals surface area contributed by atoms with Crippen LogP contribution in [0, 0.1) is 23.7 Å². The Balaban J connectivity index is 1.17. The number of fused-ring (bicyclic) bond motifs is 3. The minimum Gasteiger partial charge on any atom is -0.507 e. The second-order valence-corrected chi connectivity index (χ2v) is 23.0. The van der Waals surface area contributed by atoms with E-state index in [0.717, 1.165) is 32.1 Å². The summed E-state index contributed by atoms with van der Waals surface area (Å²) in [5.74, 6) is -8.52. The average molecular weight is 1120 g/mol. The van der Waals surface area contributed by atoms with Gasteiger partial charge in [-0.25, -0.2) is 0 Å². The van der Waals surface area contributed by atoms with Crippen LogP contribution >= 0.6 is 0 Å². The SMILES string of the molecule is COc1cccc2c1C(=O)c1c(O)c3c(c(O)c1C2=O)C[C@@](O)(C(=O)CO)C[C@@H]3O[C@H]1C[C@H](NC(=O)[C@H](CC(C)C)NC(=O)[C@H](CC(C)C)NC(=O)CNC(=O)[C@H](CC(C)C)NC(=O)[C@@H](NC(C)=O)C2CCCCC2)[C@H](O)[C@H](C)O1. The molecule has 3 aliphatic carbocycles. The van der Waals surface area contributed by atoms with Crippen molar-refractivity contribution < 1.29 is 82.9 Å². The molecule has 6 amide bonds. The van der Waals surface area contributed by atoms with Crippen LogP contribution in [-0.2, 0) is 49.5 Å². The van der Waals surface area contributed by atoms with Crippen LogP contribution in [0.3, 0.4) is 0 Å². The zero-order valence-corrected chi connectivity index (χ0v) is 47.1. The van der Waals surface area contributed by atoms with Crippen molar-refractivity contribution in [2.75, 3.05) is 20.3 Å². The molecule has 0 aromatic heterocycles. The van der Waals surface area contributed by atoms with E-state index in [1.54, 1.807) is 0 Å². The Hall–Kier alpha value is -6.53. The number of hydrogen-bond acceptors (Lipinski definition) is 17. The molecule has 440 valence electrons. The molecule has 4 aliphatic rings. The molecule has 0 unspecified atom stereocenters. The normalized spacial score (nSPS) is 23.4. The van der Waals surface area contributed by atoms with Gasteiger partial charge in [-0.3, -0.25) is 43.2 Å². The van der Waals surface area contributed by atoms with Crippen LogP contribution in [-0.4, -0.2) is 153 Å². The topological polar surface area (TPSA) is 355 Å². The van der Waals surface area contributed by atoms with E-state index in [9.17, 15) is 68.7 Å². The van der Waals surface area contributed by atoms with Gasteiger partial charge in [-0.15, -0.1) is 0 Å². The summed E-state index contributed by atoms with van der Waals surface area (Å²) in [5, 5.41) is 73.2. The summed E-state index contributed by atoms with van der Waals surface area (Å²) in [6, 6.07) is -1.19. The lowest BCUT2D eigenvalue weighted by molar-refractivity contribution is -0.249. The van der Waals surface area contributed by atoms with Crippen molar-refractivity contribution in [3.63, 3.8) is 0 Å². The number of phenolic OH excluding ortho intramolecular Hbond substituents is 2. The molecule has 1 aliphatic heterocycles. The third-order valence-corrected chi connectivity index (χ3v) is 15.3. The van der Waals surface area contributed by atoms with Crippen LogP contribution in [0.25, 0.3) is 0 Å². The lowest BCUT2D eigenvalue weighted by Gasteiger charge is -2.43. The maximum absolute atomic E-state index is 14.3. The monoisotopic (exact) mass is 1120 g/mol. The number of amides is 6. The molecule has 0 spiro atoms. The number of benzene rings is 2. The first-order valence-corrected chi connectivity index (χ1v) is 27.7. The first kappa shape index (κ1) is 62.7. The molecule has 10 atom stereocenters. The Labute approximate surface area is 465 Å². The molecular weight excluding hydrogens is 1040 g/mol. The summed E-state index contributed by atoms with van der Waals surface area (Å²) in [7, 11) is 1.28. The van der Waals surface area contributed by atoms with E-state index in [1.165, 1.54) is 39.2 Å². The van der Waals surface area contributed by atoms with Crippen molar-refractivity contribution in [3.05, 3.63) is 51.6 Å². The van der Waals surface area contributed by atoms with Gasteiger partial charge in [0, 0.05) is 42.9 Å². The number of aromatic hydroxyl groups is 2. The highest BCUT2D eigenvalue weighted by Crippen LogP contribution is 2.52. The van der Waals surface area contributed by atoms with E-state index in [1.807, 2.05) is 41.5 Å². The van der Waals surface area contributed by atoms with Gasteiger partial charge in [0.05, 0.1) is 48.6 Å². The van der Waals surface area contributed by atoms with Crippen LogP contribution in [0.15, 0.2) is 18.2 Å². The van der Waals surface area contributed by atoms with Gasteiger partial charge in [0.25, 0.3) is 0 Å². The molecule has 2 fully saturated rings. The highest BCUT2D eigenvalue weighted by molar-refractivity contribution is 6.31. The van der Waals surface area contributed by atoms with Crippen LogP contribution in [0.2, 0.25) is 0 Å². The first-order valence-electron chi connectivity index (χ1n) is 27.7. The van der Waals surface area contributed by atoms with Gasteiger partial charge in [0.2, 0.25) is 41.2 Å². The largest absolute Gasteiger partial charge is 0.507 e. The molecule has 0 bridgehead atoms. The van der Waals surface area contributed by atoms with Crippen LogP contribution in [0.4, 0.5) is 0 Å². The summed E-state index contributed by atoms with van der Waals surface area (Å²) in [6.07, 6.45) is -2.29. The Morgan fingerprint density at radius 3 is 1.94 bits per heavy atom. The summed E-state index contributed by atoms with van der Waals surface area (Å²) in [6.45, 7) is 12.1. The fourth-order valence-electron chi connectivity index (χ4n) is 11.4. The summed E-state index contributed by atoms with van der Waals surface area (Å²) >= 11 is 0. The maximum Gasteiger partial charge on any atom is 0.243 e. The number of methoxy groups -OCH3 is 1.